The van der Waals surface area contributed by atoms with Crippen LogP contribution >= 0.6 is 0 Å². The molecule has 2 nitrogen and oxygen atoms in total. The van der Waals surface area contributed by atoms with Crippen molar-refractivity contribution in [1.82, 2.24) is 0 Å². The molecule has 0 unspecified atom stereocenters. The van der Waals surface area contributed by atoms with E-state index in [-0.39, 0.29) is 11.6 Å². The van der Waals surface area contributed by atoms with E-state index in [2.05, 4.69) is 13.2 Å². The van der Waals surface area contributed by atoms with Crippen molar-refractivity contribution in [2.24, 2.45) is 0 Å². The molecule has 0 aliphatic rings. The van der Waals surface area contributed by atoms with E-state index in [4.69, 9.17) is 0 Å². The van der Waals surface area contributed by atoms with Crippen molar-refractivity contribution in [2.45, 2.75) is 39.5 Å². The summed E-state index contributed by atoms with van der Waals surface area (Å²) < 4.78 is 0. The third-order valence-electron chi connectivity index (χ3n) is 2.01. The Hall–Kier alpha value is -1.18. The first-order valence-corrected chi connectivity index (χ1v) is 4.82. The summed E-state index contributed by atoms with van der Waals surface area (Å²) in [5.74, 6) is 0.181. The lowest BCUT2D eigenvalue weighted by Crippen LogP contribution is -2.01. The third kappa shape index (κ3) is 5.46. The van der Waals surface area contributed by atoms with Crippen molar-refractivity contribution in [3.8, 4) is 0 Å². The number of hydrogen-bond acceptors (Lipinski definition) is 2. The molecule has 0 fully saturated rings. The number of allylic oxidation sites excluding steroid dienone is 2. The lowest BCUT2D eigenvalue weighted by molar-refractivity contribution is -0.117. The Balaban J connectivity index is 3.57. The highest BCUT2D eigenvalue weighted by molar-refractivity contribution is 5.95. The maximum atomic E-state index is 11.1. The maximum absolute atomic E-state index is 11.1. The van der Waals surface area contributed by atoms with Gasteiger partial charge in [-0.3, -0.25) is 9.59 Å². The summed E-state index contributed by atoms with van der Waals surface area (Å²) in [6, 6.07) is 0. The highest BCUT2D eigenvalue weighted by Gasteiger charge is 2.04. The van der Waals surface area contributed by atoms with Gasteiger partial charge >= 0.3 is 0 Å². The van der Waals surface area contributed by atoms with Gasteiger partial charge in [0.1, 0.15) is 0 Å². The van der Waals surface area contributed by atoms with E-state index in [0.717, 1.165) is 12.8 Å². The molecule has 14 heavy (non-hydrogen) atoms. The van der Waals surface area contributed by atoms with Crippen LogP contribution in [0.15, 0.2) is 24.3 Å². The van der Waals surface area contributed by atoms with Crippen molar-refractivity contribution in [3.63, 3.8) is 0 Å². The zero-order valence-corrected chi connectivity index (χ0v) is 9.06. The highest BCUT2D eigenvalue weighted by Crippen LogP contribution is 2.07. The molecule has 0 saturated carbocycles. The van der Waals surface area contributed by atoms with Gasteiger partial charge < -0.3 is 0 Å². The van der Waals surface area contributed by atoms with Gasteiger partial charge in [0.05, 0.1) is 0 Å². The summed E-state index contributed by atoms with van der Waals surface area (Å²) in [6.07, 6.45) is 2.51. The molecule has 0 rings (SSSR count). The Kier molecular flexibility index (Phi) is 5.77. The van der Waals surface area contributed by atoms with Gasteiger partial charge in [-0.2, -0.15) is 0 Å². The minimum absolute atomic E-state index is 0.0905. The number of rotatable bonds is 7. The molecule has 0 aromatic carbocycles. The van der Waals surface area contributed by atoms with E-state index in [9.17, 15) is 9.59 Å². The molecule has 0 radical (unpaired) electrons. The topological polar surface area (TPSA) is 34.1 Å². The normalized spacial score (nSPS) is 9.57. The van der Waals surface area contributed by atoms with Gasteiger partial charge in [0.15, 0.2) is 11.6 Å². The number of hydrogen-bond donors (Lipinski definition) is 0. The Labute approximate surface area is 85.7 Å². The van der Waals surface area contributed by atoms with E-state index < -0.39 is 0 Å². The molecular weight excluding hydrogens is 176 g/mol. The first-order valence-electron chi connectivity index (χ1n) is 4.82. The van der Waals surface area contributed by atoms with Crippen molar-refractivity contribution in [1.29, 1.82) is 0 Å². The van der Waals surface area contributed by atoms with Gasteiger partial charge in [-0.1, -0.05) is 13.2 Å². The van der Waals surface area contributed by atoms with Gasteiger partial charge in [-0.15, -0.1) is 0 Å². The van der Waals surface area contributed by atoms with Gasteiger partial charge in [0.25, 0.3) is 0 Å². The molecule has 78 valence electrons. The van der Waals surface area contributed by atoms with Crippen LogP contribution < -0.4 is 0 Å². The van der Waals surface area contributed by atoms with Crippen LogP contribution in [0.25, 0.3) is 0 Å². The van der Waals surface area contributed by atoms with Crippen molar-refractivity contribution >= 4 is 11.6 Å². The maximum Gasteiger partial charge on any atom is 0.157 e. The quantitative estimate of drug-likeness (QED) is 0.461. The average molecular weight is 194 g/mol. The standard InChI is InChI=1S/C12H18O2/c1-9(2)11(13)7-5-6-8-12(14)10(3)4/h1,3,5-8H2,2,4H3. The summed E-state index contributed by atoms with van der Waals surface area (Å²) in [6.45, 7) is 10.6. The van der Waals surface area contributed by atoms with Crippen LogP contribution in [0.2, 0.25) is 0 Å². The summed E-state index contributed by atoms with van der Waals surface area (Å²) in [4.78, 5) is 22.2. The molecular formula is C12H18O2. The number of carbonyl (C=O) groups is 2. The molecule has 0 aromatic rings. The summed E-state index contributed by atoms with van der Waals surface area (Å²) >= 11 is 0. The smallest absolute Gasteiger partial charge is 0.157 e. The van der Waals surface area contributed by atoms with Crippen LogP contribution in [0, 0.1) is 0 Å². The lowest BCUT2D eigenvalue weighted by atomic mass is 10.0. The van der Waals surface area contributed by atoms with E-state index in [0.29, 0.717) is 24.0 Å². The van der Waals surface area contributed by atoms with Crippen LogP contribution in [-0.2, 0) is 9.59 Å². The van der Waals surface area contributed by atoms with E-state index in [1.165, 1.54) is 0 Å². The molecule has 0 heterocycles. The molecule has 0 aromatic heterocycles. The zero-order valence-electron chi connectivity index (χ0n) is 9.06. The SMILES string of the molecule is C=C(C)C(=O)CCCCC(=O)C(=C)C. The minimum Gasteiger partial charge on any atom is -0.295 e. The van der Waals surface area contributed by atoms with Crippen molar-refractivity contribution in [3.05, 3.63) is 24.3 Å². The molecule has 0 N–H and O–H groups in total. The van der Waals surface area contributed by atoms with Gasteiger partial charge in [0, 0.05) is 12.8 Å². The molecule has 2 heteroatoms. The van der Waals surface area contributed by atoms with E-state index >= 15 is 0 Å². The average Bonchev–Trinajstić information content (AvgIpc) is 2.11. The summed E-state index contributed by atoms with van der Waals surface area (Å²) in [5.41, 5.74) is 1.19. The Morgan fingerprint density at radius 3 is 1.36 bits per heavy atom. The summed E-state index contributed by atoms with van der Waals surface area (Å²) in [5, 5.41) is 0. The van der Waals surface area contributed by atoms with Crippen LogP contribution in [-0.4, -0.2) is 11.6 Å². The van der Waals surface area contributed by atoms with E-state index in [1.807, 2.05) is 0 Å². The van der Waals surface area contributed by atoms with Crippen LogP contribution in [0.5, 0.6) is 0 Å². The second-order valence-corrected chi connectivity index (χ2v) is 3.61. The second-order valence-electron chi connectivity index (χ2n) is 3.61. The fourth-order valence-corrected chi connectivity index (χ4v) is 0.998. The first-order chi connectivity index (χ1) is 6.45. The second kappa shape index (κ2) is 6.30. The third-order valence-corrected chi connectivity index (χ3v) is 2.01. The number of carbonyl (C=O) groups excluding carboxylic acids is 2. The van der Waals surface area contributed by atoms with Gasteiger partial charge in [-0.25, -0.2) is 0 Å². The lowest BCUT2D eigenvalue weighted by Gasteiger charge is -2.00. The largest absolute Gasteiger partial charge is 0.295 e. The predicted octanol–water partition coefficient (Wildman–Crippen LogP) is 2.84. The minimum atomic E-state index is 0.0905. The molecule has 0 atom stereocenters. The number of unbranched alkanes of at least 4 members (excludes halogenated alkanes) is 1. The fourth-order valence-electron chi connectivity index (χ4n) is 0.998. The number of Topliss-reactive ketones (excluding diaryl/α,β-unsaturated/α-hetero) is 2. The molecule has 0 amide bonds. The Bertz CT molecular complexity index is 233. The number of ketones is 2. The van der Waals surface area contributed by atoms with Gasteiger partial charge in [0.2, 0.25) is 0 Å². The molecule has 0 aliphatic heterocycles. The van der Waals surface area contributed by atoms with Gasteiger partial charge in [-0.05, 0) is 37.8 Å². The van der Waals surface area contributed by atoms with Crippen molar-refractivity contribution in [2.75, 3.05) is 0 Å². The van der Waals surface area contributed by atoms with Crippen LogP contribution in [0.4, 0.5) is 0 Å². The zero-order chi connectivity index (χ0) is 11.1. The summed E-state index contributed by atoms with van der Waals surface area (Å²) in [7, 11) is 0. The molecule has 0 aliphatic carbocycles. The first kappa shape index (κ1) is 12.8. The fraction of sp³-hybridized carbons (Fsp3) is 0.500. The highest BCUT2D eigenvalue weighted by atomic mass is 16.1. The van der Waals surface area contributed by atoms with Crippen LogP contribution in [0.1, 0.15) is 39.5 Å². The molecule has 0 spiro atoms. The Morgan fingerprint density at radius 1 is 0.857 bits per heavy atom. The van der Waals surface area contributed by atoms with Crippen LogP contribution in [0.3, 0.4) is 0 Å². The van der Waals surface area contributed by atoms with E-state index in [1.54, 1.807) is 13.8 Å². The Morgan fingerprint density at radius 2 is 1.14 bits per heavy atom. The predicted molar refractivity (Wildman–Crippen MR) is 58.1 cm³/mol. The monoisotopic (exact) mass is 194 g/mol. The van der Waals surface area contributed by atoms with Crippen molar-refractivity contribution < 1.29 is 9.59 Å². The molecule has 0 bridgehead atoms. The molecule has 0 saturated heterocycles.